The first-order valence-corrected chi connectivity index (χ1v) is 6.81. The highest BCUT2D eigenvalue weighted by Gasteiger charge is 2.17. The second-order valence-electron chi connectivity index (χ2n) is 3.87. The van der Waals surface area contributed by atoms with Crippen LogP contribution >= 0.6 is 11.3 Å². The first kappa shape index (κ1) is 14.1. The molecule has 0 atom stereocenters. The minimum absolute atomic E-state index is 0.268. The normalized spacial score (nSPS) is 10.5. The van der Waals surface area contributed by atoms with E-state index in [-0.39, 0.29) is 5.97 Å². The van der Waals surface area contributed by atoms with E-state index in [4.69, 9.17) is 10.5 Å². The second-order valence-corrected chi connectivity index (χ2v) is 4.95. The van der Waals surface area contributed by atoms with E-state index in [1.54, 1.807) is 0 Å². The lowest BCUT2D eigenvalue weighted by Gasteiger charge is -1.97. The SMILES string of the molecule is CCCc1nc(CCCCN)sc1C(=O)OC. The Kier molecular flexibility index (Phi) is 6.15. The van der Waals surface area contributed by atoms with Crippen molar-refractivity contribution >= 4 is 17.3 Å². The molecule has 96 valence electrons. The molecule has 17 heavy (non-hydrogen) atoms. The van der Waals surface area contributed by atoms with Gasteiger partial charge in [0.05, 0.1) is 17.8 Å². The van der Waals surface area contributed by atoms with Crippen LogP contribution in [0.25, 0.3) is 0 Å². The van der Waals surface area contributed by atoms with Crippen molar-refractivity contribution in [1.82, 2.24) is 4.98 Å². The predicted octanol–water partition coefficient (Wildman–Crippen LogP) is 2.16. The molecule has 1 heterocycles. The standard InChI is InChI=1S/C12H20N2O2S/c1-3-6-9-11(12(15)16-2)17-10(14-9)7-4-5-8-13/h3-8,13H2,1-2H3. The van der Waals surface area contributed by atoms with E-state index >= 15 is 0 Å². The van der Waals surface area contributed by atoms with Gasteiger partial charge in [0.2, 0.25) is 0 Å². The summed E-state index contributed by atoms with van der Waals surface area (Å²) < 4.78 is 4.77. The molecule has 0 saturated carbocycles. The van der Waals surface area contributed by atoms with Crippen LogP contribution in [0.2, 0.25) is 0 Å². The van der Waals surface area contributed by atoms with E-state index in [0.717, 1.165) is 42.8 Å². The van der Waals surface area contributed by atoms with Crippen molar-refractivity contribution < 1.29 is 9.53 Å². The molecule has 0 bridgehead atoms. The highest BCUT2D eigenvalue weighted by atomic mass is 32.1. The molecule has 0 spiro atoms. The number of nitrogens with zero attached hydrogens (tertiary/aromatic N) is 1. The monoisotopic (exact) mass is 256 g/mol. The van der Waals surface area contributed by atoms with Crippen LogP contribution in [0.3, 0.4) is 0 Å². The third kappa shape index (κ3) is 4.09. The first-order chi connectivity index (χ1) is 8.22. The number of methoxy groups -OCH3 is 1. The van der Waals surface area contributed by atoms with E-state index in [9.17, 15) is 4.79 Å². The summed E-state index contributed by atoms with van der Waals surface area (Å²) in [4.78, 5) is 16.8. The van der Waals surface area contributed by atoms with E-state index < -0.39 is 0 Å². The number of ether oxygens (including phenoxy) is 1. The number of rotatable bonds is 7. The highest BCUT2D eigenvalue weighted by molar-refractivity contribution is 7.13. The lowest BCUT2D eigenvalue weighted by molar-refractivity contribution is 0.0605. The summed E-state index contributed by atoms with van der Waals surface area (Å²) >= 11 is 1.46. The van der Waals surface area contributed by atoms with Crippen LogP contribution in [0.1, 0.15) is 46.6 Å². The summed E-state index contributed by atoms with van der Waals surface area (Å²) in [5, 5.41) is 1.02. The van der Waals surface area contributed by atoms with E-state index in [1.807, 2.05) is 0 Å². The quantitative estimate of drug-likeness (QED) is 0.600. The van der Waals surface area contributed by atoms with Crippen LogP contribution in [-0.4, -0.2) is 24.6 Å². The molecule has 1 rings (SSSR count). The number of thiazole rings is 1. The predicted molar refractivity (Wildman–Crippen MR) is 69.4 cm³/mol. The van der Waals surface area contributed by atoms with Gasteiger partial charge in [-0.25, -0.2) is 9.78 Å². The van der Waals surface area contributed by atoms with Crippen molar-refractivity contribution in [3.8, 4) is 0 Å². The van der Waals surface area contributed by atoms with E-state index in [0.29, 0.717) is 11.4 Å². The number of aromatic nitrogens is 1. The summed E-state index contributed by atoms with van der Waals surface area (Å²) in [7, 11) is 1.41. The number of unbranched alkanes of at least 4 members (excludes halogenated alkanes) is 1. The molecule has 0 aromatic carbocycles. The lowest BCUT2D eigenvalue weighted by atomic mass is 10.2. The molecule has 0 aliphatic heterocycles. The van der Waals surface area contributed by atoms with Gasteiger partial charge in [-0.05, 0) is 32.2 Å². The Hall–Kier alpha value is -0.940. The smallest absolute Gasteiger partial charge is 0.349 e. The van der Waals surface area contributed by atoms with Crippen molar-refractivity contribution in [3.05, 3.63) is 15.6 Å². The molecule has 2 N–H and O–H groups in total. The molecular formula is C12H20N2O2S. The summed E-state index contributed by atoms with van der Waals surface area (Å²) in [5.41, 5.74) is 6.34. The highest BCUT2D eigenvalue weighted by Crippen LogP contribution is 2.22. The van der Waals surface area contributed by atoms with Gasteiger partial charge in [0.15, 0.2) is 0 Å². The summed E-state index contributed by atoms with van der Waals surface area (Å²) in [6.45, 7) is 2.78. The van der Waals surface area contributed by atoms with Crippen LogP contribution in [0, 0.1) is 0 Å². The lowest BCUT2D eigenvalue weighted by Crippen LogP contribution is -2.02. The molecule has 1 aromatic heterocycles. The Bertz CT molecular complexity index is 363. The Morgan fingerprint density at radius 3 is 2.76 bits per heavy atom. The van der Waals surface area contributed by atoms with Gasteiger partial charge in [-0.1, -0.05) is 13.3 Å². The van der Waals surface area contributed by atoms with Crippen molar-refractivity contribution in [1.29, 1.82) is 0 Å². The van der Waals surface area contributed by atoms with Crippen LogP contribution in [0.5, 0.6) is 0 Å². The van der Waals surface area contributed by atoms with Crippen molar-refractivity contribution in [2.45, 2.75) is 39.0 Å². The van der Waals surface area contributed by atoms with Gasteiger partial charge in [0.1, 0.15) is 4.88 Å². The topological polar surface area (TPSA) is 65.2 Å². The van der Waals surface area contributed by atoms with Gasteiger partial charge in [-0.3, -0.25) is 0 Å². The zero-order chi connectivity index (χ0) is 12.7. The number of hydrogen-bond donors (Lipinski definition) is 1. The fraction of sp³-hybridized carbons (Fsp3) is 0.667. The van der Waals surface area contributed by atoms with Gasteiger partial charge in [-0.15, -0.1) is 11.3 Å². The first-order valence-electron chi connectivity index (χ1n) is 5.99. The average Bonchev–Trinajstić information content (AvgIpc) is 2.72. The Morgan fingerprint density at radius 1 is 1.41 bits per heavy atom. The van der Waals surface area contributed by atoms with Crippen LogP contribution in [-0.2, 0) is 17.6 Å². The van der Waals surface area contributed by atoms with Gasteiger partial charge in [-0.2, -0.15) is 0 Å². The van der Waals surface area contributed by atoms with Gasteiger partial charge in [0.25, 0.3) is 0 Å². The number of aryl methyl sites for hydroxylation is 2. The number of carbonyl (C=O) groups excluding carboxylic acids is 1. The number of nitrogens with two attached hydrogens (primary N) is 1. The van der Waals surface area contributed by atoms with E-state index in [1.165, 1.54) is 18.4 Å². The van der Waals surface area contributed by atoms with Gasteiger partial charge < -0.3 is 10.5 Å². The van der Waals surface area contributed by atoms with Gasteiger partial charge in [0, 0.05) is 0 Å². The molecule has 0 amide bonds. The minimum atomic E-state index is -0.268. The Balaban J connectivity index is 2.76. The van der Waals surface area contributed by atoms with Crippen molar-refractivity contribution in [2.24, 2.45) is 5.73 Å². The van der Waals surface area contributed by atoms with Gasteiger partial charge >= 0.3 is 5.97 Å². The summed E-state index contributed by atoms with van der Waals surface area (Å²) in [6, 6.07) is 0. The van der Waals surface area contributed by atoms with Crippen molar-refractivity contribution in [3.63, 3.8) is 0 Å². The number of esters is 1. The van der Waals surface area contributed by atoms with Crippen LogP contribution < -0.4 is 5.73 Å². The third-order valence-electron chi connectivity index (χ3n) is 2.44. The molecule has 0 saturated heterocycles. The fourth-order valence-electron chi connectivity index (χ4n) is 1.59. The zero-order valence-electron chi connectivity index (χ0n) is 10.5. The third-order valence-corrected chi connectivity index (χ3v) is 3.58. The molecule has 0 unspecified atom stereocenters. The molecule has 5 heteroatoms. The zero-order valence-corrected chi connectivity index (χ0v) is 11.3. The fourth-order valence-corrected chi connectivity index (χ4v) is 2.66. The van der Waals surface area contributed by atoms with E-state index in [2.05, 4.69) is 11.9 Å². The van der Waals surface area contributed by atoms with Crippen LogP contribution in [0.15, 0.2) is 0 Å². The molecule has 1 aromatic rings. The van der Waals surface area contributed by atoms with Crippen LogP contribution in [0.4, 0.5) is 0 Å². The molecule has 0 radical (unpaired) electrons. The number of carbonyl (C=O) groups is 1. The molecule has 0 aliphatic carbocycles. The largest absolute Gasteiger partial charge is 0.465 e. The molecule has 4 nitrogen and oxygen atoms in total. The maximum Gasteiger partial charge on any atom is 0.349 e. The summed E-state index contributed by atoms with van der Waals surface area (Å²) in [6.07, 6.45) is 4.73. The second kappa shape index (κ2) is 7.40. The number of hydrogen-bond acceptors (Lipinski definition) is 5. The maximum atomic E-state index is 11.6. The minimum Gasteiger partial charge on any atom is -0.465 e. The maximum absolute atomic E-state index is 11.6. The Morgan fingerprint density at radius 2 is 2.18 bits per heavy atom. The Labute approximate surface area is 106 Å². The molecular weight excluding hydrogens is 236 g/mol. The molecule has 0 aliphatic rings. The average molecular weight is 256 g/mol. The summed E-state index contributed by atoms with van der Waals surface area (Å²) in [5.74, 6) is -0.268. The molecule has 0 fully saturated rings. The van der Waals surface area contributed by atoms with Crippen molar-refractivity contribution in [2.75, 3.05) is 13.7 Å².